The van der Waals surface area contributed by atoms with Crippen LogP contribution in [0.1, 0.15) is 26.5 Å². The Morgan fingerprint density at radius 2 is 2.00 bits per heavy atom. The molecule has 6 heteroatoms. The smallest absolute Gasteiger partial charge is 0.178 e. The maximum absolute atomic E-state index is 5.66. The molecule has 2 nitrogen and oxygen atoms in total. The number of alkyl halides is 2. The van der Waals surface area contributed by atoms with Crippen LogP contribution in [0.25, 0.3) is 0 Å². The van der Waals surface area contributed by atoms with Gasteiger partial charge in [-0.2, -0.15) is 12.6 Å². The third-order valence-corrected chi connectivity index (χ3v) is 5.38. The molecule has 0 saturated carbocycles. The minimum absolute atomic E-state index is 0.0934. The van der Waals surface area contributed by atoms with Crippen molar-refractivity contribution in [3.05, 3.63) is 24.3 Å². The first-order valence-electron chi connectivity index (χ1n) is 5.25. The number of nitrogens with zero attached hydrogens (tertiary/aromatic N) is 2. The van der Waals surface area contributed by atoms with Crippen LogP contribution in [0.3, 0.4) is 0 Å². The van der Waals surface area contributed by atoms with Gasteiger partial charge in [-0.1, -0.05) is 30.1 Å². The lowest BCUT2D eigenvalue weighted by Gasteiger charge is -2.00. The highest BCUT2D eigenvalue weighted by atomic mass is 35.5. The summed E-state index contributed by atoms with van der Waals surface area (Å²) in [7, 11) is 0. The van der Waals surface area contributed by atoms with Crippen molar-refractivity contribution in [2.45, 2.75) is 40.9 Å². The van der Waals surface area contributed by atoms with Crippen molar-refractivity contribution in [2.24, 2.45) is 0 Å². The van der Waals surface area contributed by atoms with Gasteiger partial charge in [0.2, 0.25) is 0 Å². The van der Waals surface area contributed by atoms with Crippen LogP contribution in [0, 0.1) is 0 Å². The molecular formula is C11H16Cl2N2S2. The van der Waals surface area contributed by atoms with E-state index < -0.39 is 3.67 Å². The fraction of sp³-hybridized carbons (Fsp3) is 0.636. The van der Waals surface area contributed by atoms with Crippen LogP contribution in [0.2, 0.25) is 0 Å². The van der Waals surface area contributed by atoms with Gasteiger partial charge in [-0.25, -0.2) is 9.97 Å². The summed E-state index contributed by atoms with van der Waals surface area (Å²) >= 11 is 17.2. The minimum Gasteiger partial charge on any atom is -0.245 e. The number of hydrogen-bond donors (Lipinski definition) is 1. The monoisotopic (exact) mass is 310 g/mol. The molecule has 0 aliphatic carbocycles. The maximum Gasteiger partial charge on any atom is 0.178 e. The Labute approximate surface area is 122 Å². The van der Waals surface area contributed by atoms with Gasteiger partial charge in [0.05, 0.1) is 4.75 Å². The third-order valence-electron chi connectivity index (χ3n) is 2.19. The van der Waals surface area contributed by atoms with Crippen LogP contribution >= 0.6 is 47.6 Å². The first-order chi connectivity index (χ1) is 7.74. The highest BCUT2D eigenvalue weighted by Crippen LogP contribution is 2.68. The molecule has 0 aromatic carbocycles. The predicted molar refractivity (Wildman–Crippen MR) is 80.3 cm³/mol. The Hall–Kier alpha value is 0.360. The molecule has 0 amide bonds. The van der Waals surface area contributed by atoms with Gasteiger partial charge in [-0.15, -0.1) is 11.8 Å². The number of hydrogen-bond acceptors (Lipinski definition) is 4. The summed E-state index contributed by atoms with van der Waals surface area (Å²) < 4.78 is -0.400. The molecule has 0 N–H and O–H groups in total. The average molecular weight is 311 g/mol. The number of halogens is 2. The van der Waals surface area contributed by atoms with Crippen molar-refractivity contribution in [1.29, 1.82) is 0 Å². The summed E-state index contributed by atoms with van der Waals surface area (Å²) in [5.41, 5.74) is 1.05. The van der Waals surface area contributed by atoms with E-state index in [0.717, 1.165) is 12.1 Å². The Morgan fingerprint density at radius 3 is 2.29 bits per heavy atom. The number of rotatable bonds is 2. The average Bonchev–Trinajstić information content (AvgIpc) is 2.63. The van der Waals surface area contributed by atoms with Gasteiger partial charge >= 0.3 is 0 Å². The molecule has 1 aromatic rings. The van der Waals surface area contributed by atoms with Crippen LogP contribution in [-0.2, 0) is 6.42 Å². The molecule has 1 aliphatic rings. The van der Waals surface area contributed by atoms with Gasteiger partial charge in [0.25, 0.3) is 0 Å². The molecule has 0 radical (unpaired) electrons. The summed E-state index contributed by atoms with van der Waals surface area (Å²) in [5, 5.41) is 0.370. The van der Waals surface area contributed by atoms with E-state index in [2.05, 4.69) is 22.6 Å². The van der Waals surface area contributed by atoms with Crippen LogP contribution < -0.4 is 0 Å². The van der Waals surface area contributed by atoms with Gasteiger partial charge in [0.15, 0.2) is 3.67 Å². The highest BCUT2D eigenvalue weighted by Gasteiger charge is 2.61. The molecule has 96 valence electrons. The first kappa shape index (κ1) is 15.4. The molecule has 0 spiro atoms. The molecular weight excluding hydrogens is 295 g/mol. The lowest BCUT2D eigenvalue weighted by molar-refractivity contribution is 0.841. The molecule has 1 aromatic heterocycles. The standard InChI is InChI=1S/C7H10N2S.C4H6Cl2S/c1-6(10)4-7-2-3-8-5-9-7;1-3(2)4(5,6)7-3/h2-3,5-6,10H,4H2,1H3;1-2H3. The van der Waals surface area contributed by atoms with Crippen molar-refractivity contribution in [3.63, 3.8) is 0 Å². The summed E-state index contributed by atoms with van der Waals surface area (Å²) in [6, 6.07) is 1.91. The zero-order valence-electron chi connectivity index (χ0n) is 10.0. The van der Waals surface area contributed by atoms with E-state index in [4.69, 9.17) is 23.2 Å². The first-order valence-corrected chi connectivity index (χ1v) is 7.34. The Bertz CT molecular complexity index is 344. The van der Waals surface area contributed by atoms with Crippen LogP contribution in [0.5, 0.6) is 0 Å². The van der Waals surface area contributed by atoms with Gasteiger partial charge in [-0.05, 0) is 19.9 Å². The topological polar surface area (TPSA) is 25.8 Å². The van der Waals surface area contributed by atoms with Crippen LogP contribution in [-0.4, -0.2) is 23.6 Å². The zero-order chi connectivity index (χ0) is 13.1. The SMILES string of the molecule is CC(S)Cc1ccncn1.CC1(C)SC1(Cl)Cl. The normalized spacial score (nSPS) is 21.1. The molecule has 0 bridgehead atoms. The van der Waals surface area contributed by atoms with E-state index in [1.807, 2.05) is 26.8 Å². The summed E-state index contributed by atoms with van der Waals surface area (Å²) in [6.45, 7) is 6.10. The molecule has 2 rings (SSSR count). The molecule has 1 unspecified atom stereocenters. The third kappa shape index (κ3) is 5.25. The Balaban J connectivity index is 0.000000181. The van der Waals surface area contributed by atoms with Gasteiger partial charge in [-0.3, -0.25) is 0 Å². The number of aromatic nitrogens is 2. The lowest BCUT2D eigenvalue weighted by Crippen LogP contribution is -2.04. The van der Waals surface area contributed by atoms with E-state index in [9.17, 15) is 0 Å². The highest BCUT2D eigenvalue weighted by molar-refractivity contribution is 8.12. The summed E-state index contributed by atoms with van der Waals surface area (Å²) in [6.07, 6.45) is 4.22. The number of thioether (sulfide) groups is 1. The fourth-order valence-corrected chi connectivity index (χ4v) is 2.97. The predicted octanol–water partition coefficient (Wildman–Crippen LogP) is 3.98. The summed E-state index contributed by atoms with van der Waals surface area (Å²) in [4.78, 5) is 7.88. The van der Waals surface area contributed by atoms with Crippen molar-refractivity contribution >= 4 is 47.6 Å². The van der Waals surface area contributed by atoms with Crippen molar-refractivity contribution < 1.29 is 0 Å². The molecule has 1 saturated heterocycles. The molecule has 2 heterocycles. The zero-order valence-corrected chi connectivity index (χ0v) is 13.2. The van der Waals surface area contributed by atoms with Crippen molar-refractivity contribution in [1.82, 2.24) is 9.97 Å². The van der Waals surface area contributed by atoms with Crippen LogP contribution in [0.15, 0.2) is 18.6 Å². The van der Waals surface area contributed by atoms with E-state index in [1.54, 1.807) is 24.3 Å². The second-order valence-electron chi connectivity index (χ2n) is 4.38. The summed E-state index contributed by atoms with van der Waals surface area (Å²) in [5.74, 6) is 0. The van der Waals surface area contributed by atoms with Gasteiger partial charge in [0, 0.05) is 23.6 Å². The fourth-order valence-electron chi connectivity index (χ4n) is 1.04. The molecule has 17 heavy (non-hydrogen) atoms. The molecule has 1 aliphatic heterocycles. The largest absolute Gasteiger partial charge is 0.245 e. The van der Waals surface area contributed by atoms with E-state index in [-0.39, 0.29) is 4.75 Å². The Morgan fingerprint density at radius 1 is 1.47 bits per heavy atom. The molecule has 1 atom stereocenters. The second-order valence-corrected chi connectivity index (χ2v) is 8.88. The van der Waals surface area contributed by atoms with Crippen molar-refractivity contribution in [2.75, 3.05) is 0 Å². The Kier molecular flexibility index (Phi) is 5.44. The van der Waals surface area contributed by atoms with E-state index in [1.165, 1.54) is 0 Å². The minimum atomic E-state index is -0.493. The van der Waals surface area contributed by atoms with Gasteiger partial charge < -0.3 is 0 Å². The van der Waals surface area contributed by atoms with E-state index >= 15 is 0 Å². The second kappa shape index (κ2) is 6.00. The van der Waals surface area contributed by atoms with Crippen LogP contribution in [0.4, 0.5) is 0 Å². The molecule has 1 fully saturated rings. The van der Waals surface area contributed by atoms with Gasteiger partial charge in [0.1, 0.15) is 6.33 Å². The van der Waals surface area contributed by atoms with Crippen molar-refractivity contribution in [3.8, 4) is 0 Å². The van der Waals surface area contributed by atoms with E-state index in [0.29, 0.717) is 5.25 Å². The quantitative estimate of drug-likeness (QED) is 0.508. The number of thiol groups is 1. The lowest BCUT2D eigenvalue weighted by atomic mass is 10.2. The maximum atomic E-state index is 5.66.